The molecule has 1 aromatic carbocycles. The number of aromatic nitrogens is 1. The Morgan fingerprint density at radius 1 is 1.23 bits per heavy atom. The molecule has 3 aromatic rings. The maximum atomic E-state index is 6.36. The maximum Gasteiger partial charge on any atom is 0.134 e. The van der Waals surface area contributed by atoms with E-state index in [0.29, 0.717) is 0 Å². The van der Waals surface area contributed by atoms with E-state index in [1.54, 1.807) is 11.3 Å². The highest BCUT2D eigenvalue weighted by Crippen LogP contribution is 2.32. The third kappa shape index (κ3) is 3.46. The zero-order valence-electron chi connectivity index (χ0n) is 12.7. The average Bonchev–Trinajstić information content (AvgIpc) is 3.09. The van der Waals surface area contributed by atoms with Gasteiger partial charge in [0.05, 0.1) is 0 Å². The van der Waals surface area contributed by atoms with E-state index in [0.717, 1.165) is 36.0 Å². The van der Waals surface area contributed by atoms with Crippen LogP contribution in [0.3, 0.4) is 0 Å². The van der Waals surface area contributed by atoms with E-state index in [4.69, 9.17) is 4.74 Å². The van der Waals surface area contributed by atoms with Crippen LogP contribution < -0.4 is 10.1 Å². The van der Waals surface area contributed by atoms with Gasteiger partial charge in [-0.3, -0.25) is 4.98 Å². The molecule has 22 heavy (non-hydrogen) atoms. The van der Waals surface area contributed by atoms with Crippen LogP contribution in [0.15, 0.2) is 54.2 Å². The predicted octanol–water partition coefficient (Wildman–Crippen LogP) is 4.42. The van der Waals surface area contributed by atoms with Gasteiger partial charge >= 0.3 is 0 Å². The van der Waals surface area contributed by atoms with Gasteiger partial charge in [-0.1, -0.05) is 25.1 Å². The van der Waals surface area contributed by atoms with Crippen LogP contribution in [0.25, 0.3) is 10.8 Å². The summed E-state index contributed by atoms with van der Waals surface area (Å²) in [4.78, 5) is 5.45. The van der Waals surface area contributed by atoms with E-state index in [9.17, 15) is 0 Å². The smallest absolute Gasteiger partial charge is 0.134 e. The van der Waals surface area contributed by atoms with Crippen molar-refractivity contribution in [3.05, 3.63) is 59.0 Å². The first-order valence-electron chi connectivity index (χ1n) is 7.62. The third-order valence-corrected chi connectivity index (χ3v) is 4.57. The Morgan fingerprint density at radius 3 is 3.00 bits per heavy atom. The molecule has 0 spiro atoms. The second-order valence-corrected chi connectivity index (χ2v) is 6.10. The minimum absolute atomic E-state index is 0.0813. The number of ether oxygens (including phenoxy) is 1. The molecule has 4 heteroatoms. The highest BCUT2D eigenvalue weighted by Gasteiger charge is 2.15. The van der Waals surface area contributed by atoms with Crippen molar-refractivity contribution in [1.29, 1.82) is 0 Å². The summed E-state index contributed by atoms with van der Waals surface area (Å²) in [5.41, 5.74) is 0. The Bertz CT molecular complexity index is 707. The van der Waals surface area contributed by atoms with Gasteiger partial charge in [-0.05, 0) is 36.7 Å². The Kier molecular flexibility index (Phi) is 5.03. The van der Waals surface area contributed by atoms with Gasteiger partial charge in [0.2, 0.25) is 0 Å². The zero-order chi connectivity index (χ0) is 15.2. The Hall–Kier alpha value is -1.91. The van der Waals surface area contributed by atoms with Crippen molar-refractivity contribution < 1.29 is 4.74 Å². The number of pyridine rings is 1. The van der Waals surface area contributed by atoms with E-state index >= 15 is 0 Å². The molecular weight excluding hydrogens is 292 g/mol. The summed E-state index contributed by atoms with van der Waals surface area (Å²) in [6, 6.07) is 12.4. The fraction of sp³-hybridized carbons (Fsp3) is 0.278. The molecule has 2 heterocycles. The van der Waals surface area contributed by atoms with E-state index < -0.39 is 0 Å². The molecule has 0 unspecified atom stereocenters. The van der Waals surface area contributed by atoms with Crippen LogP contribution in [-0.4, -0.2) is 18.1 Å². The quantitative estimate of drug-likeness (QED) is 0.656. The molecule has 1 atom stereocenters. The molecule has 0 aliphatic rings. The molecule has 0 saturated carbocycles. The lowest BCUT2D eigenvalue weighted by Crippen LogP contribution is -2.19. The summed E-state index contributed by atoms with van der Waals surface area (Å²) in [6.45, 7) is 4.06. The van der Waals surface area contributed by atoms with Gasteiger partial charge in [-0.15, -0.1) is 11.3 Å². The molecule has 3 nitrogen and oxygen atoms in total. The van der Waals surface area contributed by atoms with E-state index in [1.165, 1.54) is 4.88 Å². The number of thiophene rings is 1. The van der Waals surface area contributed by atoms with Crippen molar-refractivity contribution in [2.24, 2.45) is 0 Å². The molecule has 0 amide bonds. The van der Waals surface area contributed by atoms with Crippen LogP contribution in [0.5, 0.6) is 5.75 Å². The van der Waals surface area contributed by atoms with Crippen molar-refractivity contribution in [3.63, 3.8) is 0 Å². The highest BCUT2D eigenvalue weighted by atomic mass is 32.1. The minimum atomic E-state index is 0.0813. The monoisotopic (exact) mass is 312 g/mol. The van der Waals surface area contributed by atoms with Crippen LogP contribution in [0, 0.1) is 0 Å². The van der Waals surface area contributed by atoms with Gasteiger partial charge in [0.15, 0.2) is 0 Å². The number of hydrogen-bond donors (Lipinski definition) is 1. The lowest BCUT2D eigenvalue weighted by Gasteiger charge is -2.19. The van der Waals surface area contributed by atoms with Crippen LogP contribution in [0.2, 0.25) is 0 Å². The van der Waals surface area contributed by atoms with E-state index in [1.807, 2.05) is 30.6 Å². The van der Waals surface area contributed by atoms with Crippen molar-refractivity contribution in [2.45, 2.75) is 19.4 Å². The number of hydrogen-bond acceptors (Lipinski definition) is 4. The summed E-state index contributed by atoms with van der Waals surface area (Å²) < 4.78 is 6.36. The van der Waals surface area contributed by atoms with Crippen LogP contribution in [0.1, 0.15) is 24.3 Å². The lowest BCUT2D eigenvalue weighted by atomic mass is 10.1. The molecule has 1 N–H and O–H groups in total. The maximum absolute atomic E-state index is 6.36. The topological polar surface area (TPSA) is 34.1 Å². The van der Waals surface area contributed by atoms with Gasteiger partial charge < -0.3 is 10.1 Å². The van der Waals surface area contributed by atoms with Crippen molar-refractivity contribution >= 4 is 22.1 Å². The van der Waals surface area contributed by atoms with Crippen LogP contribution in [0.4, 0.5) is 0 Å². The molecule has 114 valence electrons. The zero-order valence-corrected chi connectivity index (χ0v) is 13.5. The molecule has 3 rings (SSSR count). The first kappa shape index (κ1) is 15.0. The molecule has 2 aromatic heterocycles. The van der Waals surface area contributed by atoms with E-state index in [-0.39, 0.29) is 6.10 Å². The number of nitrogens with zero attached hydrogens (tertiary/aromatic N) is 1. The summed E-state index contributed by atoms with van der Waals surface area (Å²) >= 11 is 1.75. The molecule has 0 saturated heterocycles. The Balaban J connectivity index is 1.85. The molecular formula is C18H20N2OS. The van der Waals surface area contributed by atoms with Gasteiger partial charge in [0.25, 0.3) is 0 Å². The number of nitrogens with one attached hydrogen (secondary N) is 1. The van der Waals surface area contributed by atoms with Gasteiger partial charge in [-0.2, -0.15) is 0 Å². The second-order valence-electron chi connectivity index (χ2n) is 5.12. The lowest BCUT2D eigenvalue weighted by molar-refractivity contribution is 0.200. The predicted molar refractivity (Wildman–Crippen MR) is 92.6 cm³/mol. The van der Waals surface area contributed by atoms with Gasteiger partial charge in [0, 0.05) is 34.5 Å². The number of fused-ring (bicyclic) bond motifs is 1. The molecule has 0 bridgehead atoms. The Labute approximate surface area is 135 Å². The third-order valence-electron chi connectivity index (χ3n) is 3.60. The second kappa shape index (κ2) is 7.38. The molecule has 0 fully saturated rings. The van der Waals surface area contributed by atoms with Crippen molar-refractivity contribution in [2.75, 3.05) is 13.1 Å². The van der Waals surface area contributed by atoms with Crippen molar-refractivity contribution in [3.8, 4) is 5.75 Å². The number of benzene rings is 1. The van der Waals surface area contributed by atoms with Crippen LogP contribution >= 0.6 is 11.3 Å². The summed E-state index contributed by atoms with van der Waals surface area (Å²) in [7, 11) is 0. The number of rotatable bonds is 7. The highest BCUT2D eigenvalue weighted by molar-refractivity contribution is 7.10. The standard InChI is InChI=1S/C18H20N2OS/c1-2-19-11-9-17(18-7-4-12-22-18)21-16-6-3-5-14-13-20-10-8-15(14)16/h3-8,10,12-13,17,19H,2,9,11H2,1H3/t17-/m1/s1. The van der Waals surface area contributed by atoms with Gasteiger partial charge in [0.1, 0.15) is 11.9 Å². The fourth-order valence-corrected chi connectivity index (χ4v) is 3.28. The molecule has 0 radical (unpaired) electrons. The first-order valence-corrected chi connectivity index (χ1v) is 8.50. The molecule has 0 aliphatic heterocycles. The normalized spacial score (nSPS) is 12.4. The van der Waals surface area contributed by atoms with Crippen molar-refractivity contribution in [1.82, 2.24) is 10.3 Å². The largest absolute Gasteiger partial charge is 0.484 e. The average molecular weight is 312 g/mol. The molecule has 0 aliphatic carbocycles. The fourth-order valence-electron chi connectivity index (χ4n) is 2.49. The summed E-state index contributed by atoms with van der Waals surface area (Å²) in [6.07, 6.45) is 4.72. The minimum Gasteiger partial charge on any atom is -0.484 e. The van der Waals surface area contributed by atoms with Crippen LogP contribution in [-0.2, 0) is 0 Å². The SMILES string of the molecule is CCNCC[C@@H](Oc1cccc2cnccc12)c1cccs1. The van der Waals surface area contributed by atoms with E-state index in [2.05, 4.69) is 40.8 Å². The van der Waals surface area contributed by atoms with Gasteiger partial charge in [-0.25, -0.2) is 0 Å². The summed E-state index contributed by atoms with van der Waals surface area (Å²) in [5.74, 6) is 0.926. The summed E-state index contributed by atoms with van der Waals surface area (Å²) in [5, 5.41) is 7.70. The first-order chi connectivity index (χ1) is 10.9. The Morgan fingerprint density at radius 2 is 2.18 bits per heavy atom.